The van der Waals surface area contributed by atoms with E-state index < -0.39 is 20.0 Å². The summed E-state index contributed by atoms with van der Waals surface area (Å²) in [4.78, 5) is 11.2. The Morgan fingerprint density at radius 2 is 1.94 bits per heavy atom. The van der Waals surface area contributed by atoms with Crippen LogP contribution in [0.4, 0.5) is 4.39 Å². The standard InChI is InChI=1S/C13H19FO2Si/c1-17(2,3)9-11(13(15)16)8-10-6-4-5-7-12(10)14/h4-7,11H,8-9H2,1-3H3,(H,15,16). The molecule has 2 nitrogen and oxygen atoms in total. The molecule has 0 bridgehead atoms. The minimum absolute atomic E-state index is 0.284. The van der Waals surface area contributed by atoms with Crippen LogP contribution in [-0.2, 0) is 11.2 Å². The smallest absolute Gasteiger partial charge is 0.306 e. The van der Waals surface area contributed by atoms with Gasteiger partial charge in [-0.05, 0) is 24.1 Å². The fraction of sp³-hybridized carbons (Fsp3) is 0.462. The molecule has 0 aromatic heterocycles. The highest BCUT2D eigenvalue weighted by Gasteiger charge is 2.26. The van der Waals surface area contributed by atoms with Crippen LogP contribution in [0.5, 0.6) is 0 Å². The first-order valence-electron chi connectivity index (χ1n) is 5.76. The number of carboxylic acid groups (broad SMARTS) is 1. The van der Waals surface area contributed by atoms with Crippen molar-refractivity contribution in [3.05, 3.63) is 35.6 Å². The predicted octanol–water partition coefficient (Wildman–Crippen LogP) is 3.41. The first kappa shape index (κ1) is 13.9. The van der Waals surface area contributed by atoms with Crippen LogP contribution in [0, 0.1) is 11.7 Å². The third kappa shape index (κ3) is 4.69. The summed E-state index contributed by atoms with van der Waals surface area (Å²) in [7, 11) is -1.46. The van der Waals surface area contributed by atoms with Crippen LogP contribution in [0.15, 0.2) is 24.3 Å². The van der Waals surface area contributed by atoms with Crippen LogP contribution in [0.25, 0.3) is 0 Å². The Morgan fingerprint density at radius 3 is 2.41 bits per heavy atom. The molecule has 0 fully saturated rings. The minimum Gasteiger partial charge on any atom is -0.481 e. The molecule has 1 aromatic carbocycles. The lowest BCUT2D eigenvalue weighted by Crippen LogP contribution is -2.29. The number of carbonyl (C=O) groups is 1. The number of hydrogen-bond acceptors (Lipinski definition) is 1. The number of rotatable bonds is 5. The molecule has 0 heterocycles. The molecule has 0 amide bonds. The van der Waals surface area contributed by atoms with E-state index in [1.54, 1.807) is 18.2 Å². The Hall–Kier alpha value is -1.16. The minimum atomic E-state index is -1.46. The summed E-state index contributed by atoms with van der Waals surface area (Å²) in [6.45, 7) is 6.39. The van der Waals surface area contributed by atoms with E-state index in [9.17, 15) is 14.3 Å². The van der Waals surface area contributed by atoms with E-state index >= 15 is 0 Å². The highest BCUT2D eigenvalue weighted by Crippen LogP contribution is 2.22. The van der Waals surface area contributed by atoms with E-state index in [0.717, 1.165) is 0 Å². The lowest BCUT2D eigenvalue weighted by molar-refractivity contribution is -0.141. The zero-order chi connectivity index (χ0) is 13.1. The zero-order valence-corrected chi connectivity index (χ0v) is 11.5. The van der Waals surface area contributed by atoms with E-state index in [1.807, 2.05) is 0 Å². The molecule has 0 spiro atoms. The average molecular weight is 254 g/mol. The van der Waals surface area contributed by atoms with Crippen molar-refractivity contribution in [1.29, 1.82) is 0 Å². The summed E-state index contributed by atoms with van der Waals surface area (Å²) < 4.78 is 13.5. The van der Waals surface area contributed by atoms with E-state index in [4.69, 9.17) is 0 Å². The van der Waals surface area contributed by atoms with Gasteiger partial charge in [0, 0.05) is 8.07 Å². The second-order valence-electron chi connectivity index (χ2n) is 5.60. The van der Waals surface area contributed by atoms with Gasteiger partial charge in [0.05, 0.1) is 5.92 Å². The van der Waals surface area contributed by atoms with Crippen molar-refractivity contribution >= 4 is 14.0 Å². The van der Waals surface area contributed by atoms with Crippen molar-refractivity contribution in [2.24, 2.45) is 5.92 Å². The number of halogens is 1. The quantitative estimate of drug-likeness (QED) is 0.818. The van der Waals surface area contributed by atoms with Crippen molar-refractivity contribution in [2.45, 2.75) is 32.1 Å². The molecule has 1 rings (SSSR count). The van der Waals surface area contributed by atoms with Gasteiger partial charge in [0.25, 0.3) is 0 Å². The van der Waals surface area contributed by atoms with Crippen molar-refractivity contribution in [1.82, 2.24) is 0 Å². The van der Waals surface area contributed by atoms with Crippen molar-refractivity contribution in [2.75, 3.05) is 0 Å². The fourth-order valence-corrected chi connectivity index (χ4v) is 3.71. The van der Waals surface area contributed by atoms with Crippen LogP contribution in [0.1, 0.15) is 5.56 Å². The Labute approximate surface area is 102 Å². The molecule has 0 aliphatic carbocycles. The maximum atomic E-state index is 13.5. The second kappa shape index (κ2) is 5.45. The molecular weight excluding hydrogens is 235 g/mol. The molecular formula is C13H19FO2Si. The summed E-state index contributed by atoms with van der Waals surface area (Å²) in [6.07, 6.45) is 0.284. The topological polar surface area (TPSA) is 37.3 Å². The first-order valence-corrected chi connectivity index (χ1v) is 9.46. The van der Waals surface area contributed by atoms with Crippen molar-refractivity contribution in [3.63, 3.8) is 0 Å². The number of aliphatic carboxylic acids is 1. The molecule has 1 unspecified atom stereocenters. The van der Waals surface area contributed by atoms with Gasteiger partial charge < -0.3 is 5.11 Å². The van der Waals surface area contributed by atoms with E-state index in [-0.39, 0.29) is 12.2 Å². The molecule has 0 aliphatic rings. The molecule has 0 radical (unpaired) electrons. The van der Waals surface area contributed by atoms with Gasteiger partial charge in [-0.2, -0.15) is 0 Å². The third-order valence-electron chi connectivity index (χ3n) is 2.63. The van der Waals surface area contributed by atoms with Crippen LogP contribution in [-0.4, -0.2) is 19.1 Å². The fourth-order valence-electron chi connectivity index (χ4n) is 1.92. The Bertz CT molecular complexity index is 399. The number of benzene rings is 1. The number of carboxylic acids is 1. The van der Waals surface area contributed by atoms with Crippen LogP contribution in [0.3, 0.4) is 0 Å². The lowest BCUT2D eigenvalue weighted by atomic mass is 10.0. The molecule has 1 aromatic rings. The average Bonchev–Trinajstić information content (AvgIpc) is 2.18. The Kier molecular flexibility index (Phi) is 4.45. The maximum absolute atomic E-state index is 13.5. The molecule has 17 heavy (non-hydrogen) atoms. The summed E-state index contributed by atoms with van der Waals surface area (Å²) in [6, 6.07) is 7.08. The Balaban J connectivity index is 2.81. The van der Waals surface area contributed by atoms with Gasteiger partial charge >= 0.3 is 5.97 Å². The summed E-state index contributed by atoms with van der Waals surface area (Å²) in [5, 5.41) is 9.19. The van der Waals surface area contributed by atoms with Crippen LogP contribution < -0.4 is 0 Å². The monoisotopic (exact) mass is 254 g/mol. The van der Waals surface area contributed by atoms with Gasteiger partial charge in [-0.1, -0.05) is 37.8 Å². The molecule has 94 valence electrons. The van der Waals surface area contributed by atoms with E-state index in [1.165, 1.54) is 6.07 Å². The van der Waals surface area contributed by atoms with Gasteiger partial charge in [-0.15, -0.1) is 0 Å². The molecule has 0 saturated carbocycles. The summed E-state index contributed by atoms with van der Waals surface area (Å²) in [5.74, 6) is -1.61. The molecule has 4 heteroatoms. The summed E-state index contributed by atoms with van der Waals surface area (Å²) >= 11 is 0. The van der Waals surface area contributed by atoms with Crippen molar-refractivity contribution < 1.29 is 14.3 Å². The molecule has 1 N–H and O–H groups in total. The van der Waals surface area contributed by atoms with Gasteiger partial charge in [-0.25, -0.2) is 4.39 Å². The van der Waals surface area contributed by atoms with Gasteiger partial charge in [0.1, 0.15) is 5.82 Å². The predicted molar refractivity (Wildman–Crippen MR) is 69.4 cm³/mol. The van der Waals surface area contributed by atoms with Crippen LogP contribution in [0.2, 0.25) is 25.7 Å². The largest absolute Gasteiger partial charge is 0.481 e. The van der Waals surface area contributed by atoms with E-state index in [2.05, 4.69) is 19.6 Å². The number of hydrogen-bond donors (Lipinski definition) is 1. The van der Waals surface area contributed by atoms with Gasteiger partial charge in [-0.3, -0.25) is 4.79 Å². The third-order valence-corrected chi connectivity index (χ3v) is 4.35. The maximum Gasteiger partial charge on any atom is 0.306 e. The molecule has 0 saturated heterocycles. The highest BCUT2D eigenvalue weighted by molar-refractivity contribution is 6.76. The van der Waals surface area contributed by atoms with Crippen molar-refractivity contribution in [3.8, 4) is 0 Å². The zero-order valence-electron chi connectivity index (χ0n) is 10.5. The lowest BCUT2D eigenvalue weighted by Gasteiger charge is -2.21. The van der Waals surface area contributed by atoms with Crippen LogP contribution >= 0.6 is 0 Å². The SMILES string of the molecule is C[Si](C)(C)CC(Cc1ccccc1F)C(=O)O. The summed E-state index contributed by atoms with van der Waals surface area (Å²) in [5.41, 5.74) is 0.498. The Morgan fingerprint density at radius 1 is 1.35 bits per heavy atom. The normalized spacial score (nSPS) is 13.4. The highest BCUT2D eigenvalue weighted by atomic mass is 28.3. The second-order valence-corrected chi connectivity index (χ2v) is 11.1. The van der Waals surface area contributed by atoms with E-state index in [0.29, 0.717) is 11.6 Å². The molecule has 0 aliphatic heterocycles. The van der Waals surface area contributed by atoms with Gasteiger partial charge in [0.15, 0.2) is 0 Å². The first-order chi connectivity index (χ1) is 7.79. The molecule has 1 atom stereocenters. The van der Waals surface area contributed by atoms with Gasteiger partial charge in [0.2, 0.25) is 0 Å².